The van der Waals surface area contributed by atoms with Crippen LogP contribution in [0.2, 0.25) is 0 Å². The normalized spacial score (nSPS) is 19.9. The molecule has 2 saturated heterocycles. The van der Waals surface area contributed by atoms with Gasteiger partial charge in [-0.15, -0.1) is 24.0 Å². The molecule has 2 aliphatic rings. The summed E-state index contributed by atoms with van der Waals surface area (Å²) in [6.45, 7) is 2.78. The van der Waals surface area contributed by atoms with Crippen LogP contribution < -0.4 is 16.0 Å². The van der Waals surface area contributed by atoms with Crippen LogP contribution in [-0.4, -0.2) is 73.5 Å². The van der Waals surface area contributed by atoms with Gasteiger partial charge in [-0.25, -0.2) is 4.79 Å². The fourth-order valence-corrected chi connectivity index (χ4v) is 3.51. The number of aliphatic imine (C=N–C) groups is 1. The third-order valence-electron chi connectivity index (χ3n) is 5.09. The van der Waals surface area contributed by atoms with Crippen molar-refractivity contribution in [3.63, 3.8) is 0 Å². The Balaban J connectivity index is 0.00000341. The number of hydrogen-bond donors (Lipinski definition) is 3. The highest BCUT2D eigenvalue weighted by molar-refractivity contribution is 14.0. The summed E-state index contributed by atoms with van der Waals surface area (Å²) >= 11 is 0. The third-order valence-corrected chi connectivity index (χ3v) is 5.09. The molecule has 0 saturated carbocycles. The van der Waals surface area contributed by atoms with Gasteiger partial charge in [0.25, 0.3) is 0 Å². The fourth-order valence-electron chi connectivity index (χ4n) is 3.51. The molecule has 2 heterocycles. The van der Waals surface area contributed by atoms with E-state index in [1.807, 2.05) is 0 Å². The van der Waals surface area contributed by atoms with Crippen molar-refractivity contribution in [2.45, 2.75) is 25.2 Å². The van der Waals surface area contributed by atoms with Gasteiger partial charge in [0.15, 0.2) is 5.96 Å². The molecule has 1 aromatic carbocycles. The Labute approximate surface area is 195 Å². The Morgan fingerprint density at radius 3 is 2.55 bits per heavy atom. The van der Waals surface area contributed by atoms with Gasteiger partial charge in [0.1, 0.15) is 0 Å². The zero-order chi connectivity index (χ0) is 21.7. The standard InChI is InChI=1S/C19H25F3N6O2.HI/c1-23-17(24-7-9-28-16(29)10-25-18(28)30)26-15-6-8-27(12-15)11-13-2-4-14(5-3-13)19(20,21)22;/h2-5,15H,6-12H2,1H3,(H,25,30)(H2,23,24,26);1H. The molecule has 3 N–H and O–H groups in total. The molecule has 8 nitrogen and oxygen atoms in total. The Morgan fingerprint density at radius 1 is 1.26 bits per heavy atom. The topological polar surface area (TPSA) is 89.1 Å². The van der Waals surface area contributed by atoms with Crippen LogP contribution in [-0.2, 0) is 17.5 Å². The number of nitrogens with one attached hydrogen (secondary N) is 3. The van der Waals surface area contributed by atoms with E-state index in [9.17, 15) is 22.8 Å². The molecule has 0 aromatic heterocycles. The number of rotatable bonds is 6. The molecule has 1 atom stereocenters. The molecule has 1 aromatic rings. The molecule has 172 valence electrons. The largest absolute Gasteiger partial charge is 0.416 e. The van der Waals surface area contributed by atoms with Crippen LogP contribution in [0.1, 0.15) is 17.5 Å². The molecule has 0 bridgehead atoms. The van der Waals surface area contributed by atoms with Crippen molar-refractivity contribution in [2.24, 2.45) is 4.99 Å². The number of benzene rings is 1. The first-order valence-electron chi connectivity index (χ1n) is 9.70. The highest BCUT2D eigenvalue weighted by Crippen LogP contribution is 2.29. The first-order valence-corrected chi connectivity index (χ1v) is 9.70. The third kappa shape index (κ3) is 6.95. The number of nitrogens with zero attached hydrogens (tertiary/aromatic N) is 3. The summed E-state index contributed by atoms with van der Waals surface area (Å²) in [5.74, 6) is 0.322. The van der Waals surface area contributed by atoms with Crippen molar-refractivity contribution in [1.29, 1.82) is 0 Å². The second-order valence-corrected chi connectivity index (χ2v) is 7.26. The maximum Gasteiger partial charge on any atom is 0.416 e. The van der Waals surface area contributed by atoms with E-state index in [0.717, 1.165) is 42.1 Å². The van der Waals surface area contributed by atoms with Gasteiger partial charge in [-0.1, -0.05) is 12.1 Å². The van der Waals surface area contributed by atoms with Gasteiger partial charge >= 0.3 is 12.2 Å². The van der Waals surface area contributed by atoms with E-state index in [2.05, 4.69) is 25.8 Å². The number of carbonyl (C=O) groups is 2. The highest BCUT2D eigenvalue weighted by Gasteiger charge is 2.30. The lowest BCUT2D eigenvalue weighted by Gasteiger charge is -2.20. The van der Waals surface area contributed by atoms with Gasteiger partial charge in [-0.05, 0) is 24.1 Å². The monoisotopic (exact) mass is 554 g/mol. The number of likely N-dealkylation sites (tertiary alicyclic amines) is 1. The quantitative estimate of drug-likeness (QED) is 0.215. The predicted molar refractivity (Wildman–Crippen MR) is 120 cm³/mol. The van der Waals surface area contributed by atoms with E-state index in [1.165, 1.54) is 12.1 Å². The minimum Gasteiger partial charge on any atom is -0.355 e. The highest BCUT2D eigenvalue weighted by atomic mass is 127. The van der Waals surface area contributed by atoms with E-state index in [0.29, 0.717) is 19.0 Å². The summed E-state index contributed by atoms with van der Waals surface area (Å²) in [7, 11) is 1.64. The second-order valence-electron chi connectivity index (χ2n) is 7.26. The van der Waals surface area contributed by atoms with Crippen molar-refractivity contribution in [3.05, 3.63) is 35.4 Å². The smallest absolute Gasteiger partial charge is 0.355 e. The van der Waals surface area contributed by atoms with Gasteiger partial charge in [0, 0.05) is 45.8 Å². The van der Waals surface area contributed by atoms with E-state index < -0.39 is 11.7 Å². The Morgan fingerprint density at radius 2 is 1.97 bits per heavy atom. The van der Waals surface area contributed by atoms with Crippen molar-refractivity contribution < 1.29 is 22.8 Å². The number of hydrogen-bond acceptors (Lipinski definition) is 4. The van der Waals surface area contributed by atoms with Gasteiger partial charge in [-0.3, -0.25) is 19.6 Å². The average Bonchev–Trinajstić information content (AvgIpc) is 3.27. The molecule has 2 aliphatic heterocycles. The lowest BCUT2D eigenvalue weighted by molar-refractivity contribution is -0.137. The van der Waals surface area contributed by atoms with Gasteiger partial charge in [0.05, 0.1) is 12.1 Å². The minimum atomic E-state index is -4.32. The van der Waals surface area contributed by atoms with Crippen LogP contribution in [0.15, 0.2) is 29.3 Å². The Kier molecular flexibility index (Phi) is 8.91. The first-order chi connectivity index (χ1) is 14.3. The Hall–Kier alpha value is -2.09. The number of carbonyl (C=O) groups excluding carboxylic acids is 2. The van der Waals surface area contributed by atoms with E-state index in [-0.39, 0.29) is 55.0 Å². The van der Waals surface area contributed by atoms with Crippen molar-refractivity contribution in [1.82, 2.24) is 25.8 Å². The van der Waals surface area contributed by atoms with Crippen molar-refractivity contribution >= 4 is 41.9 Å². The average molecular weight is 554 g/mol. The molecule has 2 fully saturated rings. The summed E-state index contributed by atoms with van der Waals surface area (Å²) in [6, 6.07) is 5.00. The molecule has 12 heteroatoms. The molecule has 31 heavy (non-hydrogen) atoms. The zero-order valence-electron chi connectivity index (χ0n) is 17.0. The number of alkyl halides is 3. The van der Waals surface area contributed by atoms with Crippen LogP contribution in [0.3, 0.4) is 0 Å². The van der Waals surface area contributed by atoms with Crippen LogP contribution in [0.5, 0.6) is 0 Å². The first kappa shape index (κ1) is 25.2. The number of amides is 3. The van der Waals surface area contributed by atoms with Crippen molar-refractivity contribution in [3.8, 4) is 0 Å². The van der Waals surface area contributed by atoms with Gasteiger partial charge in [0.2, 0.25) is 5.91 Å². The number of imide groups is 1. The Bertz CT molecular complexity index is 787. The second kappa shape index (κ2) is 11.0. The molecule has 3 rings (SSSR count). The molecule has 3 amide bonds. The maximum atomic E-state index is 12.7. The van der Waals surface area contributed by atoms with Crippen LogP contribution in [0, 0.1) is 0 Å². The fraction of sp³-hybridized carbons (Fsp3) is 0.526. The molecular weight excluding hydrogens is 528 g/mol. The number of urea groups is 1. The van der Waals surface area contributed by atoms with Crippen molar-refractivity contribution in [2.75, 3.05) is 39.8 Å². The van der Waals surface area contributed by atoms with Gasteiger partial charge < -0.3 is 16.0 Å². The van der Waals surface area contributed by atoms with E-state index >= 15 is 0 Å². The summed E-state index contributed by atoms with van der Waals surface area (Å²) < 4.78 is 38.0. The number of halogens is 4. The maximum absolute atomic E-state index is 12.7. The molecule has 0 radical (unpaired) electrons. The summed E-state index contributed by atoms with van der Waals surface area (Å²) in [5, 5.41) is 8.86. The van der Waals surface area contributed by atoms with Crippen LogP contribution in [0.4, 0.5) is 18.0 Å². The predicted octanol–water partition coefficient (Wildman–Crippen LogP) is 1.61. The lowest BCUT2D eigenvalue weighted by Crippen LogP contribution is -2.47. The zero-order valence-corrected chi connectivity index (χ0v) is 19.4. The summed E-state index contributed by atoms with van der Waals surface area (Å²) in [5.41, 5.74) is 0.190. The minimum absolute atomic E-state index is 0. The van der Waals surface area contributed by atoms with Crippen LogP contribution >= 0.6 is 24.0 Å². The van der Waals surface area contributed by atoms with Gasteiger partial charge in [-0.2, -0.15) is 13.2 Å². The summed E-state index contributed by atoms with van der Waals surface area (Å²) in [4.78, 5) is 30.6. The SMILES string of the molecule is CN=C(NCCN1C(=O)CNC1=O)NC1CCN(Cc2ccc(C(F)(F)F)cc2)C1.I. The molecule has 0 spiro atoms. The van der Waals surface area contributed by atoms with Crippen LogP contribution in [0.25, 0.3) is 0 Å². The van der Waals surface area contributed by atoms with E-state index in [1.54, 1.807) is 7.05 Å². The number of guanidine groups is 1. The molecule has 0 aliphatic carbocycles. The molecule has 1 unspecified atom stereocenters. The summed E-state index contributed by atoms with van der Waals surface area (Å²) in [6.07, 6.45) is -3.45. The molecular formula is C19H26F3IN6O2. The van der Waals surface area contributed by atoms with E-state index in [4.69, 9.17) is 0 Å². The lowest BCUT2D eigenvalue weighted by atomic mass is 10.1.